The Morgan fingerprint density at radius 1 is 0.857 bits per heavy atom. The first-order chi connectivity index (χ1) is 13.6. The fourth-order valence-electron chi connectivity index (χ4n) is 2.74. The number of amidine groups is 1. The molecule has 1 fully saturated rings. The lowest BCUT2D eigenvalue weighted by molar-refractivity contribution is -0.113. The van der Waals surface area contributed by atoms with Crippen LogP contribution in [0.4, 0.5) is 11.4 Å². The van der Waals surface area contributed by atoms with Gasteiger partial charge in [-0.3, -0.25) is 9.69 Å². The topological polar surface area (TPSA) is 32.7 Å². The van der Waals surface area contributed by atoms with Crippen LogP contribution in [0.15, 0.2) is 88.8 Å². The second kappa shape index (κ2) is 8.23. The third-order valence-electron chi connectivity index (χ3n) is 4.07. The van der Waals surface area contributed by atoms with Crippen molar-refractivity contribution in [3.05, 3.63) is 99.4 Å². The van der Waals surface area contributed by atoms with E-state index in [9.17, 15) is 4.79 Å². The highest BCUT2D eigenvalue weighted by Gasteiger charge is 2.34. The highest BCUT2D eigenvalue weighted by Crippen LogP contribution is 2.38. The number of carbonyl (C=O) groups excluding carboxylic acids is 1. The summed E-state index contributed by atoms with van der Waals surface area (Å²) in [6.45, 7) is 0. The molecule has 3 nitrogen and oxygen atoms in total. The van der Waals surface area contributed by atoms with E-state index in [-0.39, 0.29) is 5.91 Å². The Morgan fingerprint density at radius 2 is 1.54 bits per heavy atom. The fraction of sp³-hybridized carbons (Fsp3) is 0. The molecule has 1 amide bonds. The lowest BCUT2D eigenvalue weighted by Crippen LogP contribution is -2.28. The standard InChI is InChI=1S/C22H14Cl2N2OS/c23-18-13-7-8-15(20(18)24)14-19-21(27)26(17-11-5-2-6-12-17)22(28-19)25-16-9-3-1-4-10-16/h1-14H/b19-14+,25-22?. The fourth-order valence-corrected chi connectivity index (χ4v) is 4.09. The number of para-hydroxylation sites is 2. The van der Waals surface area contributed by atoms with Gasteiger partial charge in [0.05, 0.1) is 26.3 Å². The minimum atomic E-state index is -0.151. The van der Waals surface area contributed by atoms with Gasteiger partial charge in [-0.2, -0.15) is 0 Å². The molecular weight excluding hydrogens is 411 g/mol. The second-order valence-electron chi connectivity index (χ2n) is 5.96. The lowest BCUT2D eigenvalue weighted by atomic mass is 10.2. The van der Waals surface area contributed by atoms with Gasteiger partial charge >= 0.3 is 0 Å². The molecule has 0 unspecified atom stereocenters. The first-order valence-corrected chi connectivity index (χ1v) is 10.1. The monoisotopic (exact) mass is 424 g/mol. The Balaban J connectivity index is 1.79. The van der Waals surface area contributed by atoms with E-state index in [2.05, 4.69) is 4.99 Å². The molecule has 138 valence electrons. The quantitative estimate of drug-likeness (QED) is 0.432. The number of halogens is 2. The van der Waals surface area contributed by atoms with Gasteiger partial charge < -0.3 is 0 Å². The van der Waals surface area contributed by atoms with Gasteiger partial charge in [0.15, 0.2) is 5.17 Å². The van der Waals surface area contributed by atoms with Crippen molar-refractivity contribution in [1.29, 1.82) is 0 Å². The van der Waals surface area contributed by atoms with Crippen LogP contribution in [-0.2, 0) is 4.79 Å². The van der Waals surface area contributed by atoms with Crippen molar-refractivity contribution in [3.8, 4) is 0 Å². The van der Waals surface area contributed by atoms with E-state index in [0.29, 0.717) is 25.7 Å². The van der Waals surface area contributed by atoms with Crippen molar-refractivity contribution >= 4 is 63.5 Å². The molecule has 0 bridgehead atoms. The summed E-state index contributed by atoms with van der Waals surface area (Å²) in [5.74, 6) is -0.151. The van der Waals surface area contributed by atoms with Crippen LogP contribution >= 0.6 is 35.0 Å². The summed E-state index contributed by atoms with van der Waals surface area (Å²) in [4.78, 5) is 20.0. The van der Waals surface area contributed by atoms with Crippen molar-refractivity contribution in [2.45, 2.75) is 0 Å². The Morgan fingerprint density at radius 3 is 2.25 bits per heavy atom. The zero-order chi connectivity index (χ0) is 19.5. The van der Waals surface area contributed by atoms with Crippen LogP contribution < -0.4 is 4.90 Å². The number of amides is 1. The number of hydrogen-bond donors (Lipinski definition) is 0. The zero-order valence-electron chi connectivity index (χ0n) is 14.5. The summed E-state index contributed by atoms with van der Waals surface area (Å²) in [5, 5.41) is 1.46. The van der Waals surface area contributed by atoms with Crippen molar-refractivity contribution in [2.24, 2.45) is 4.99 Å². The molecule has 0 spiro atoms. The van der Waals surface area contributed by atoms with Crippen molar-refractivity contribution < 1.29 is 4.79 Å². The van der Waals surface area contributed by atoms with Crippen LogP contribution in [-0.4, -0.2) is 11.1 Å². The second-order valence-corrected chi connectivity index (χ2v) is 7.75. The average Bonchev–Trinajstić information content (AvgIpc) is 3.02. The Bertz CT molecular complexity index is 1080. The first-order valence-electron chi connectivity index (χ1n) is 8.50. The van der Waals surface area contributed by atoms with Gasteiger partial charge in [-0.1, -0.05) is 71.7 Å². The minimum Gasteiger partial charge on any atom is -0.268 e. The molecule has 1 aliphatic heterocycles. The van der Waals surface area contributed by atoms with Gasteiger partial charge in [-0.05, 0) is 53.7 Å². The van der Waals surface area contributed by atoms with Gasteiger partial charge in [0.1, 0.15) is 0 Å². The number of carbonyl (C=O) groups is 1. The summed E-state index contributed by atoms with van der Waals surface area (Å²) in [6, 6.07) is 24.4. The molecule has 1 saturated heterocycles. The van der Waals surface area contributed by atoms with Crippen molar-refractivity contribution in [3.63, 3.8) is 0 Å². The Labute approximate surface area is 177 Å². The molecule has 0 atom stereocenters. The lowest BCUT2D eigenvalue weighted by Gasteiger charge is -2.15. The highest BCUT2D eigenvalue weighted by atomic mass is 35.5. The number of anilines is 1. The maximum absolute atomic E-state index is 13.2. The maximum Gasteiger partial charge on any atom is 0.271 e. The number of aliphatic imine (C=N–C) groups is 1. The van der Waals surface area contributed by atoms with E-state index < -0.39 is 0 Å². The largest absolute Gasteiger partial charge is 0.271 e. The molecule has 0 saturated carbocycles. The van der Waals surface area contributed by atoms with Gasteiger partial charge in [-0.15, -0.1) is 0 Å². The molecule has 1 heterocycles. The number of nitrogens with zero attached hydrogens (tertiary/aromatic N) is 2. The van der Waals surface area contributed by atoms with E-state index in [0.717, 1.165) is 11.4 Å². The summed E-state index contributed by atoms with van der Waals surface area (Å²) in [5.41, 5.74) is 2.23. The third kappa shape index (κ3) is 3.85. The van der Waals surface area contributed by atoms with Crippen LogP contribution in [0.1, 0.15) is 5.56 Å². The molecule has 0 aliphatic carbocycles. The number of thioether (sulfide) groups is 1. The molecular formula is C22H14Cl2N2OS. The van der Waals surface area contributed by atoms with E-state index in [1.165, 1.54) is 11.8 Å². The molecule has 0 N–H and O–H groups in total. The number of rotatable bonds is 3. The van der Waals surface area contributed by atoms with Crippen LogP contribution in [0.5, 0.6) is 0 Å². The molecule has 4 rings (SSSR count). The average molecular weight is 425 g/mol. The maximum atomic E-state index is 13.2. The van der Waals surface area contributed by atoms with Gasteiger partial charge in [-0.25, -0.2) is 4.99 Å². The SMILES string of the molecule is O=C1/C(=C\c2cccc(Cl)c2Cl)SC(=Nc2ccccc2)N1c1ccccc1. The van der Waals surface area contributed by atoms with Crippen LogP contribution in [0.2, 0.25) is 10.0 Å². The summed E-state index contributed by atoms with van der Waals surface area (Å²) < 4.78 is 0. The van der Waals surface area contributed by atoms with Gasteiger partial charge in [0.2, 0.25) is 0 Å². The Hall–Kier alpha value is -2.53. The number of hydrogen-bond acceptors (Lipinski definition) is 3. The number of benzene rings is 3. The third-order valence-corrected chi connectivity index (χ3v) is 5.87. The molecule has 3 aromatic carbocycles. The molecule has 6 heteroatoms. The summed E-state index contributed by atoms with van der Waals surface area (Å²) >= 11 is 13.7. The smallest absolute Gasteiger partial charge is 0.268 e. The molecule has 0 aromatic heterocycles. The normalized spacial score (nSPS) is 16.9. The van der Waals surface area contributed by atoms with E-state index in [4.69, 9.17) is 23.2 Å². The molecule has 0 radical (unpaired) electrons. The van der Waals surface area contributed by atoms with Crippen molar-refractivity contribution in [1.82, 2.24) is 0 Å². The first kappa shape index (κ1) is 18.8. The van der Waals surface area contributed by atoms with E-state index in [1.807, 2.05) is 66.7 Å². The predicted molar refractivity (Wildman–Crippen MR) is 119 cm³/mol. The van der Waals surface area contributed by atoms with Gasteiger partial charge in [0.25, 0.3) is 5.91 Å². The van der Waals surface area contributed by atoms with E-state index >= 15 is 0 Å². The summed E-state index contributed by atoms with van der Waals surface area (Å²) in [6.07, 6.45) is 1.75. The molecule has 28 heavy (non-hydrogen) atoms. The van der Waals surface area contributed by atoms with Crippen molar-refractivity contribution in [2.75, 3.05) is 4.90 Å². The Kier molecular flexibility index (Phi) is 5.53. The predicted octanol–water partition coefficient (Wildman–Crippen LogP) is 6.80. The van der Waals surface area contributed by atoms with Crippen LogP contribution in [0.3, 0.4) is 0 Å². The van der Waals surface area contributed by atoms with E-state index in [1.54, 1.807) is 23.1 Å². The minimum absolute atomic E-state index is 0.151. The van der Waals surface area contributed by atoms with Crippen LogP contribution in [0.25, 0.3) is 6.08 Å². The molecule has 1 aliphatic rings. The zero-order valence-corrected chi connectivity index (χ0v) is 16.9. The summed E-state index contributed by atoms with van der Waals surface area (Å²) in [7, 11) is 0. The van der Waals surface area contributed by atoms with Crippen LogP contribution in [0, 0.1) is 0 Å². The molecule has 3 aromatic rings. The van der Waals surface area contributed by atoms with Gasteiger partial charge in [0, 0.05) is 0 Å². The highest BCUT2D eigenvalue weighted by molar-refractivity contribution is 8.19.